The van der Waals surface area contributed by atoms with Crippen molar-refractivity contribution in [3.8, 4) is 11.3 Å². The molecule has 2 heterocycles. The van der Waals surface area contributed by atoms with E-state index in [2.05, 4.69) is 20.5 Å². The minimum absolute atomic E-state index is 0.330. The van der Waals surface area contributed by atoms with Crippen molar-refractivity contribution in [1.29, 1.82) is 0 Å². The maximum atomic E-state index is 11.7. The van der Waals surface area contributed by atoms with Crippen LogP contribution in [0.1, 0.15) is 17.3 Å². The van der Waals surface area contributed by atoms with Crippen LogP contribution in [-0.2, 0) is 4.74 Å². The van der Waals surface area contributed by atoms with Gasteiger partial charge in [0.2, 0.25) is 0 Å². The Hall–Kier alpha value is -3.28. The van der Waals surface area contributed by atoms with Crippen LogP contribution in [0.4, 0.5) is 11.6 Å². The van der Waals surface area contributed by atoms with Gasteiger partial charge in [0.25, 0.3) is 0 Å². The average molecular weight is 320 g/mol. The van der Waals surface area contributed by atoms with Crippen molar-refractivity contribution < 1.29 is 9.53 Å². The Bertz CT molecular complexity index is 820. The molecule has 0 aliphatic heterocycles. The molecule has 0 amide bonds. The zero-order chi connectivity index (χ0) is 16.8. The number of nitrogens with one attached hydrogen (secondary N) is 1. The van der Waals surface area contributed by atoms with Gasteiger partial charge in [-0.25, -0.2) is 9.78 Å². The summed E-state index contributed by atoms with van der Waals surface area (Å²) >= 11 is 0. The molecule has 6 heteroatoms. The number of anilines is 2. The van der Waals surface area contributed by atoms with E-state index >= 15 is 0 Å². The zero-order valence-electron chi connectivity index (χ0n) is 13.1. The van der Waals surface area contributed by atoms with E-state index in [0.29, 0.717) is 23.8 Å². The van der Waals surface area contributed by atoms with E-state index in [1.807, 2.05) is 42.5 Å². The van der Waals surface area contributed by atoms with Crippen LogP contribution in [0.25, 0.3) is 11.3 Å². The van der Waals surface area contributed by atoms with E-state index in [-0.39, 0.29) is 5.97 Å². The number of carbonyl (C=O) groups excluding carboxylic acids is 1. The number of aromatic nitrogens is 3. The van der Waals surface area contributed by atoms with Crippen molar-refractivity contribution in [2.24, 2.45) is 0 Å². The van der Waals surface area contributed by atoms with E-state index < -0.39 is 0 Å². The molecule has 3 aromatic rings. The Morgan fingerprint density at radius 1 is 1.04 bits per heavy atom. The largest absolute Gasteiger partial charge is 0.462 e. The first-order chi connectivity index (χ1) is 11.8. The molecule has 0 fully saturated rings. The number of esters is 1. The molecule has 0 bridgehead atoms. The molecule has 0 saturated heterocycles. The Balaban J connectivity index is 1.75. The van der Waals surface area contributed by atoms with Gasteiger partial charge >= 0.3 is 5.97 Å². The predicted molar refractivity (Wildman–Crippen MR) is 90.9 cm³/mol. The highest BCUT2D eigenvalue weighted by Gasteiger charge is 2.08. The second kappa shape index (κ2) is 7.32. The summed E-state index contributed by atoms with van der Waals surface area (Å²) in [7, 11) is 0. The lowest BCUT2D eigenvalue weighted by atomic mass is 10.1. The van der Waals surface area contributed by atoms with E-state index in [4.69, 9.17) is 4.74 Å². The molecular weight excluding hydrogens is 304 g/mol. The van der Waals surface area contributed by atoms with Gasteiger partial charge in [0, 0.05) is 11.8 Å². The molecule has 3 rings (SSSR count). The summed E-state index contributed by atoms with van der Waals surface area (Å²) in [4.78, 5) is 15.9. The van der Waals surface area contributed by atoms with E-state index in [1.165, 1.54) is 0 Å². The van der Waals surface area contributed by atoms with Gasteiger partial charge in [-0.15, -0.1) is 10.2 Å². The number of carbonyl (C=O) groups is 1. The third kappa shape index (κ3) is 3.73. The summed E-state index contributed by atoms with van der Waals surface area (Å²) in [5, 5.41) is 11.4. The first-order valence-electron chi connectivity index (χ1n) is 7.55. The van der Waals surface area contributed by atoms with Crippen LogP contribution in [0.5, 0.6) is 0 Å². The van der Waals surface area contributed by atoms with Crippen LogP contribution in [0, 0.1) is 0 Å². The Morgan fingerprint density at radius 3 is 2.58 bits per heavy atom. The van der Waals surface area contributed by atoms with Crippen molar-refractivity contribution in [2.45, 2.75) is 6.92 Å². The summed E-state index contributed by atoms with van der Waals surface area (Å²) in [5.41, 5.74) is 2.22. The van der Waals surface area contributed by atoms with Crippen LogP contribution < -0.4 is 5.32 Å². The van der Waals surface area contributed by atoms with Gasteiger partial charge in [-0.1, -0.05) is 30.3 Å². The number of hydrogen-bond donors (Lipinski definition) is 1. The molecule has 0 spiro atoms. The van der Waals surface area contributed by atoms with Crippen molar-refractivity contribution in [3.05, 3.63) is 66.4 Å². The maximum absolute atomic E-state index is 11.7. The number of ether oxygens (including phenoxy) is 1. The molecule has 120 valence electrons. The van der Waals surface area contributed by atoms with Crippen LogP contribution in [0.15, 0.2) is 60.8 Å². The average Bonchev–Trinajstić information content (AvgIpc) is 2.63. The molecule has 0 radical (unpaired) electrons. The highest BCUT2D eigenvalue weighted by molar-refractivity contribution is 5.90. The molecule has 0 unspecified atom stereocenters. The first kappa shape index (κ1) is 15.6. The fraction of sp³-hybridized carbons (Fsp3) is 0.111. The molecular formula is C18H16N4O2. The lowest BCUT2D eigenvalue weighted by Crippen LogP contribution is -2.06. The van der Waals surface area contributed by atoms with Gasteiger partial charge in [-0.2, -0.15) is 0 Å². The van der Waals surface area contributed by atoms with Crippen LogP contribution in [0.3, 0.4) is 0 Å². The summed E-state index contributed by atoms with van der Waals surface area (Å²) in [6.45, 7) is 2.10. The summed E-state index contributed by atoms with van der Waals surface area (Å²) < 4.78 is 4.98. The summed E-state index contributed by atoms with van der Waals surface area (Å²) in [5.74, 6) is 0.666. The fourth-order valence-corrected chi connectivity index (χ4v) is 2.13. The number of nitrogens with zero attached hydrogens (tertiary/aromatic N) is 3. The maximum Gasteiger partial charge on any atom is 0.338 e. The Morgan fingerprint density at radius 2 is 1.88 bits per heavy atom. The SMILES string of the molecule is CCOC(=O)c1ccnc(Nc2ccc(-c3ccccc3)nn2)c1. The standard InChI is InChI=1S/C18H16N4O2/c1-2-24-18(23)14-10-11-19-17(12-14)20-16-9-8-15(21-22-16)13-6-4-3-5-7-13/h3-12H,2H2,1H3,(H,19,20,22). The van der Waals surface area contributed by atoms with Gasteiger partial charge < -0.3 is 10.1 Å². The van der Waals surface area contributed by atoms with E-state index in [1.54, 1.807) is 25.3 Å². The summed E-state index contributed by atoms with van der Waals surface area (Å²) in [6.07, 6.45) is 1.54. The van der Waals surface area contributed by atoms with Crippen molar-refractivity contribution in [2.75, 3.05) is 11.9 Å². The first-order valence-corrected chi connectivity index (χ1v) is 7.55. The van der Waals surface area contributed by atoms with Gasteiger partial charge in [-0.05, 0) is 31.2 Å². The molecule has 0 atom stereocenters. The Kier molecular flexibility index (Phi) is 4.76. The molecule has 0 aliphatic carbocycles. The normalized spacial score (nSPS) is 10.2. The quantitative estimate of drug-likeness (QED) is 0.725. The van der Waals surface area contributed by atoms with Crippen molar-refractivity contribution in [3.63, 3.8) is 0 Å². The van der Waals surface area contributed by atoms with Crippen LogP contribution >= 0.6 is 0 Å². The molecule has 2 aromatic heterocycles. The highest BCUT2D eigenvalue weighted by atomic mass is 16.5. The van der Waals surface area contributed by atoms with E-state index in [9.17, 15) is 4.79 Å². The number of benzene rings is 1. The molecule has 24 heavy (non-hydrogen) atoms. The minimum Gasteiger partial charge on any atom is -0.462 e. The van der Waals surface area contributed by atoms with Gasteiger partial charge in [0.1, 0.15) is 5.82 Å². The lowest BCUT2D eigenvalue weighted by Gasteiger charge is -2.07. The van der Waals surface area contributed by atoms with Gasteiger partial charge in [-0.3, -0.25) is 0 Å². The third-order valence-corrected chi connectivity index (χ3v) is 3.26. The lowest BCUT2D eigenvalue weighted by molar-refractivity contribution is 0.0526. The second-order valence-corrected chi connectivity index (χ2v) is 4.95. The molecule has 6 nitrogen and oxygen atoms in total. The Labute approximate surface area is 139 Å². The number of pyridine rings is 1. The van der Waals surface area contributed by atoms with Crippen molar-refractivity contribution in [1.82, 2.24) is 15.2 Å². The number of hydrogen-bond acceptors (Lipinski definition) is 6. The second-order valence-electron chi connectivity index (χ2n) is 4.95. The highest BCUT2D eigenvalue weighted by Crippen LogP contribution is 2.18. The smallest absolute Gasteiger partial charge is 0.338 e. The minimum atomic E-state index is -0.381. The monoisotopic (exact) mass is 320 g/mol. The van der Waals surface area contributed by atoms with E-state index in [0.717, 1.165) is 11.3 Å². The van der Waals surface area contributed by atoms with Crippen molar-refractivity contribution >= 4 is 17.6 Å². The molecule has 0 aliphatic rings. The summed E-state index contributed by atoms with van der Waals surface area (Å²) in [6, 6.07) is 16.7. The number of rotatable bonds is 5. The van der Waals surface area contributed by atoms with Gasteiger partial charge in [0.15, 0.2) is 5.82 Å². The fourth-order valence-electron chi connectivity index (χ4n) is 2.13. The molecule has 0 saturated carbocycles. The van der Waals surface area contributed by atoms with Gasteiger partial charge in [0.05, 0.1) is 17.9 Å². The zero-order valence-corrected chi connectivity index (χ0v) is 13.1. The van der Waals surface area contributed by atoms with Crippen LogP contribution in [0.2, 0.25) is 0 Å². The molecule has 1 N–H and O–H groups in total. The topological polar surface area (TPSA) is 77.0 Å². The molecule has 1 aromatic carbocycles. The predicted octanol–water partition coefficient (Wildman–Crippen LogP) is 3.46. The van der Waals surface area contributed by atoms with Crippen LogP contribution in [-0.4, -0.2) is 27.8 Å². The third-order valence-electron chi connectivity index (χ3n) is 3.26.